The number of carbonyl (C=O) groups excluding carboxylic acids is 1. The van der Waals surface area contributed by atoms with Crippen LogP contribution in [0.25, 0.3) is 0 Å². The zero-order valence-corrected chi connectivity index (χ0v) is 13.4. The minimum Gasteiger partial charge on any atom is -0.355 e. The Labute approximate surface area is 139 Å². The van der Waals surface area contributed by atoms with Gasteiger partial charge in [0.2, 0.25) is 0 Å². The molecule has 2 N–H and O–H groups in total. The normalized spacial score (nSPS) is 19.9. The standard InChI is InChI=1S/C17H20N4O3/c1-2-13-8-9-15(24-13)21-11-10-14(20-17(21)23)19-16(22)18-12-6-4-3-5-7-12/h3-7,10-11,13,15H,2,8-9H2,1H3,(H2,18,19,20,22,23)/t13-,15-/m1/s1. The summed E-state index contributed by atoms with van der Waals surface area (Å²) in [5.74, 6) is 0.203. The van der Waals surface area contributed by atoms with E-state index in [0.29, 0.717) is 5.69 Å². The second-order valence-electron chi connectivity index (χ2n) is 5.65. The number of rotatable bonds is 4. The van der Waals surface area contributed by atoms with Crippen LogP contribution in [-0.2, 0) is 4.74 Å². The molecule has 126 valence electrons. The van der Waals surface area contributed by atoms with Crippen LogP contribution in [0.4, 0.5) is 16.3 Å². The maximum Gasteiger partial charge on any atom is 0.351 e. The average Bonchev–Trinajstić information content (AvgIpc) is 3.04. The highest BCUT2D eigenvalue weighted by atomic mass is 16.5. The highest BCUT2D eigenvalue weighted by Crippen LogP contribution is 2.28. The van der Waals surface area contributed by atoms with Crippen molar-refractivity contribution in [3.63, 3.8) is 0 Å². The van der Waals surface area contributed by atoms with Crippen LogP contribution in [0.15, 0.2) is 47.4 Å². The first kappa shape index (κ1) is 16.2. The summed E-state index contributed by atoms with van der Waals surface area (Å²) in [5, 5.41) is 5.22. The molecule has 1 fully saturated rings. The van der Waals surface area contributed by atoms with E-state index < -0.39 is 11.7 Å². The van der Waals surface area contributed by atoms with Crippen molar-refractivity contribution < 1.29 is 9.53 Å². The van der Waals surface area contributed by atoms with E-state index in [1.807, 2.05) is 18.2 Å². The van der Waals surface area contributed by atoms with Gasteiger partial charge in [0, 0.05) is 11.9 Å². The van der Waals surface area contributed by atoms with Gasteiger partial charge in [-0.25, -0.2) is 9.59 Å². The van der Waals surface area contributed by atoms with Crippen LogP contribution in [0.3, 0.4) is 0 Å². The van der Waals surface area contributed by atoms with Gasteiger partial charge in [-0.1, -0.05) is 25.1 Å². The van der Waals surface area contributed by atoms with Crippen molar-refractivity contribution in [2.24, 2.45) is 0 Å². The Morgan fingerprint density at radius 2 is 2.04 bits per heavy atom. The first-order chi connectivity index (χ1) is 11.7. The molecule has 0 spiro atoms. The van der Waals surface area contributed by atoms with Gasteiger partial charge >= 0.3 is 11.7 Å². The van der Waals surface area contributed by atoms with Crippen molar-refractivity contribution >= 4 is 17.5 Å². The lowest BCUT2D eigenvalue weighted by Crippen LogP contribution is -2.29. The van der Waals surface area contributed by atoms with E-state index in [9.17, 15) is 9.59 Å². The number of nitrogens with zero attached hydrogens (tertiary/aromatic N) is 2. The Morgan fingerprint density at radius 3 is 2.71 bits per heavy atom. The van der Waals surface area contributed by atoms with Crippen molar-refractivity contribution in [3.05, 3.63) is 53.1 Å². The van der Waals surface area contributed by atoms with Crippen LogP contribution in [0.2, 0.25) is 0 Å². The topological polar surface area (TPSA) is 85.3 Å². The maximum atomic E-state index is 12.2. The fourth-order valence-electron chi connectivity index (χ4n) is 2.69. The SMILES string of the molecule is CC[C@@H]1CC[C@H](n2ccc(NC(=O)Nc3ccccc3)nc2=O)O1. The van der Waals surface area contributed by atoms with Gasteiger partial charge in [0.1, 0.15) is 12.0 Å². The molecule has 24 heavy (non-hydrogen) atoms. The number of para-hydroxylation sites is 1. The van der Waals surface area contributed by atoms with Gasteiger partial charge in [-0.2, -0.15) is 4.98 Å². The summed E-state index contributed by atoms with van der Waals surface area (Å²) in [6.45, 7) is 2.06. The zero-order chi connectivity index (χ0) is 16.9. The zero-order valence-electron chi connectivity index (χ0n) is 13.4. The van der Waals surface area contributed by atoms with Gasteiger partial charge in [-0.15, -0.1) is 0 Å². The first-order valence-electron chi connectivity index (χ1n) is 8.03. The molecule has 2 heterocycles. The monoisotopic (exact) mass is 328 g/mol. The lowest BCUT2D eigenvalue weighted by Gasteiger charge is -2.15. The van der Waals surface area contributed by atoms with Crippen LogP contribution in [0.1, 0.15) is 32.4 Å². The lowest BCUT2D eigenvalue weighted by atomic mass is 10.2. The Kier molecular flexibility index (Phi) is 4.90. The van der Waals surface area contributed by atoms with E-state index in [1.54, 1.807) is 24.4 Å². The Hall–Kier alpha value is -2.67. The van der Waals surface area contributed by atoms with Crippen LogP contribution in [0.5, 0.6) is 0 Å². The lowest BCUT2D eigenvalue weighted by molar-refractivity contribution is -0.00188. The number of aromatic nitrogens is 2. The number of amides is 2. The van der Waals surface area contributed by atoms with E-state index >= 15 is 0 Å². The molecule has 0 radical (unpaired) electrons. The molecule has 2 amide bonds. The van der Waals surface area contributed by atoms with Crippen LogP contribution < -0.4 is 16.3 Å². The fraction of sp³-hybridized carbons (Fsp3) is 0.353. The quantitative estimate of drug-likeness (QED) is 0.903. The van der Waals surface area contributed by atoms with Crippen molar-refractivity contribution in [1.82, 2.24) is 9.55 Å². The number of nitrogens with one attached hydrogen (secondary N) is 2. The Balaban J connectivity index is 1.64. The summed E-state index contributed by atoms with van der Waals surface area (Å²) in [6.07, 6.45) is 4.18. The molecular weight excluding hydrogens is 308 g/mol. The Morgan fingerprint density at radius 1 is 1.25 bits per heavy atom. The molecule has 1 saturated heterocycles. The number of carbonyl (C=O) groups is 1. The van der Waals surface area contributed by atoms with Crippen molar-refractivity contribution in [3.8, 4) is 0 Å². The number of hydrogen-bond donors (Lipinski definition) is 2. The number of benzene rings is 1. The molecule has 1 aliphatic heterocycles. The third kappa shape index (κ3) is 3.80. The summed E-state index contributed by atoms with van der Waals surface area (Å²) in [4.78, 5) is 28.0. The van der Waals surface area contributed by atoms with Crippen LogP contribution in [0, 0.1) is 0 Å². The molecule has 1 aliphatic rings. The van der Waals surface area contributed by atoms with Crippen molar-refractivity contribution in [2.75, 3.05) is 10.6 Å². The molecule has 0 bridgehead atoms. The molecule has 7 heteroatoms. The summed E-state index contributed by atoms with van der Waals surface area (Å²) >= 11 is 0. The molecule has 0 aliphatic carbocycles. The predicted molar refractivity (Wildman–Crippen MR) is 91.0 cm³/mol. The smallest absolute Gasteiger partial charge is 0.351 e. The summed E-state index contributed by atoms with van der Waals surface area (Å²) in [7, 11) is 0. The van der Waals surface area contributed by atoms with Gasteiger partial charge in [0.15, 0.2) is 0 Å². The highest BCUT2D eigenvalue weighted by molar-refractivity contribution is 5.99. The van der Waals surface area contributed by atoms with E-state index in [2.05, 4.69) is 22.5 Å². The number of urea groups is 1. The third-order valence-electron chi connectivity index (χ3n) is 3.95. The maximum absolute atomic E-state index is 12.2. The van der Waals surface area contributed by atoms with Gasteiger partial charge in [-0.3, -0.25) is 9.88 Å². The van der Waals surface area contributed by atoms with E-state index in [1.165, 1.54) is 4.57 Å². The molecule has 2 aromatic rings. The van der Waals surface area contributed by atoms with E-state index in [4.69, 9.17) is 4.74 Å². The molecule has 1 aromatic heterocycles. The van der Waals surface area contributed by atoms with Crippen molar-refractivity contribution in [1.29, 1.82) is 0 Å². The predicted octanol–water partition coefficient (Wildman–Crippen LogP) is 2.97. The molecule has 2 atom stereocenters. The van der Waals surface area contributed by atoms with Crippen LogP contribution in [-0.4, -0.2) is 21.7 Å². The van der Waals surface area contributed by atoms with E-state index in [-0.39, 0.29) is 18.1 Å². The molecule has 0 saturated carbocycles. The first-order valence-corrected chi connectivity index (χ1v) is 8.03. The minimum absolute atomic E-state index is 0.191. The fourth-order valence-corrected chi connectivity index (χ4v) is 2.69. The van der Waals surface area contributed by atoms with Gasteiger partial charge in [0.25, 0.3) is 0 Å². The van der Waals surface area contributed by atoms with Crippen molar-refractivity contribution in [2.45, 2.75) is 38.5 Å². The molecule has 7 nitrogen and oxygen atoms in total. The second kappa shape index (κ2) is 7.27. The number of ether oxygens (including phenoxy) is 1. The summed E-state index contributed by atoms with van der Waals surface area (Å²) in [6, 6.07) is 10.2. The third-order valence-corrected chi connectivity index (χ3v) is 3.95. The number of anilines is 2. The average molecular weight is 328 g/mol. The molecule has 3 rings (SSSR count). The molecule has 0 unspecified atom stereocenters. The second-order valence-corrected chi connectivity index (χ2v) is 5.65. The summed E-state index contributed by atoms with van der Waals surface area (Å²) in [5.41, 5.74) is 0.225. The molecular formula is C17H20N4O3. The summed E-state index contributed by atoms with van der Waals surface area (Å²) < 4.78 is 7.27. The largest absolute Gasteiger partial charge is 0.355 e. The molecule has 1 aromatic carbocycles. The number of hydrogen-bond acceptors (Lipinski definition) is 4. The van der Waals surface area contributed by atoms with Gasteiger partial charge < -0.3 is 10.1 Å². The van der Waals surface area contributed by atoms with Crippen LogP contribution >= 0.6 is 0 Å². The van der Waals surface area contributed by atoms with Gasteiger partial charge in [0.05, 0.1) is 6.10 Å². The Bertz CT molecular complexity index is 760. The van der Waals surface area contributed by atoms with Gasteiger partial charge in [-0.05, 0) is 37.5 Å². The van der Waals surface area contributed by atoms with E-state index in [0.717, 1.165) is 19.3 Å². The minimum atomic E-state index is -0.450. The highest BCUT2D eigenvalue weighted by Gasteiger charge is 2.26.